The lowest BCUT2D eigenvalue weighted by atomic mass is 10.1. The monoisotopic (exact) mass is 283 g/mol. The topological polar surface area (TPSA) is 38.3 Å². The van der Waals surface area contributed by atoms with Crippen LogP contribution in [0.3, 0.4) is 0 Å². The lowest BCUT2D eigenvalue weighted by Crippen LogP contribution is -2.22. The molecule has 2 aromatic rings. The van der Waals surface area contributed by atoms with Crippen molar-refractivity contribution in [3.05, 3.63) is 46.7 Å². The average molecular weight is 284 g/mol. The highest BCUT2D eigenvalue weighted by molar-refractivity contribution is 9.10. The fourth-order valence-corrected chi connectivity index (χ4v) is 2.09. The molecule has 0 bridgehead atoms. The van der Waals surface area contributed by atoms with Crippen molar-refractivity contribution in [2.75, 3.05) is 6.54 Å². The molecule has 0 fully saturated rings. The second-order valence-corrected chi connectivity index (χ2v) is 4.27. The maximum absolute atomic E-state index is 5.45. The van der Waals surface area contributed by atoms with Crippen LogP contribution in [-0.2, 0) is 0 Å². The molecule has 0 aliphatic heterocycles. The Bertz CT molecular complexity index is 422. The highest BCUT2D eigenvalue weighted by atomic mass is 79.9. The highest BCUT2D eigenvalue weighted by Gasteiger charge is 2.20. The van der Waals surface area contributed by atoms with Crippen LogP contribution in [0.5, 0.6) is 0 Å². The van der Waals surface area contributed by atoms with Crippen LogP contribution in [-0.4, -0.2) is 6.54 Å². The Balaban J connectivity index is 2.25. The first-order chi connectivity index (χ1) is 7.83. The fraction of sp³-hybridized carbons (Fsp3) is 0.333. The van der Waals surface area contributed by atoms with Gasteiger partial charge in [0.1, 0.15) is 5.76 Å². The molecule has 1 N–H and O–H groups in total. The molecule has 0 aromatic carbocycles. The summed E-state index contributed by atoms with van der Waals surface area (Å²) in [6.45, 7) is 3.07. The first kappa shape index (κ1) is 11.5. The Kier molecular flexibility index (Phi) is 3.85. The van der Waals surface area contributed by atoms with Crippen molar-refractivity contribution < 1.29 is 8.83 Å². The molecule has 2 heterocycles. The Morgan fingerprint density at radius 2 is 2.19 bits per heavy atom. The first-order valence-corrected chi connectivity index (χ1v) is 6.12. The molecular formula is C12H14BrNO2. The van der Waals surface area contributed by atoms with E-state index in [1.54, 1.807) is 12.5 Å². The molecule has 3 nitrogen and oxygen atoms in total. The lowest BCUT2D eigenvalue weighted by Gasteiger charge is -2.14. The molecule has 86 valence electrons. The Morgan fingerprint density at radius 3 is 2.75 bits per heavy atom. The van der Waals surface area contributed by atoms with Gasteiger partial charge in [0.2, 0.25) is 0 Å². The first-order valence-electron chi connectivity index (χ1n) is 5.32. The van der Waals surface area contributed by atoms with E-state index >= 15 is 0 Å². The number of halogens is 1. The Hall–Kier alpha value is -1.00. The van der Waals surface area contributed by atoms with E-state index in [4.69, 9.17) is 8.83 Å². The number of rotatable bonds is 5. The van der Waals surface area contributed by atoms with E-state index in [2.05, 4.69) is 28.2 Å². The molecule has 0 aliphatic carbocycles. The third-order valence-electron chi connectivity index (χ3n) is 2.38. The van der Waals surface area contributed by atoms with Crippen LogP contribution in [0.25, 0.3) is 0 Å². The molecule has 0 saturated heterocycles. The van der Waals surface area contributed by atoms with Gasteiger partial charge in [-0.25, -0.2) is 0 Å². The van der Waals surface area contributed by atoms with Crippen LogP contribution < -0.4 is 5.32 Å². The van der Waals surface area contributed by atoms with E-state index in [1.807, 2.05) is 18.2 Å². The average Bonchev–Trinajstić information content (AvgIpc) is 2.91. The Morgan fingerprint density at radius 1 is 1.31 bits per heavy atom. The van der Waals surface area contributed by atoms with Crippen molar-refractivity contribution in [3.8, 4) is 0 Å². The van der Waals surface area contributed by atoms with Gasteiger partial charge in [0.25, 0.3) is 0 Å². The minimum absolute atomic E-state index is 0.0445. The summed E-state index contributed by atoms with van der Waals surface area (Å²) >= 11 is 3.40. The second kappa shape index (κ2) is 5.37. The summed E-state index contributed by atoms with van der Waals surface area (Å²) in [5.41, 5.74) is 1.06. The predicted molar refractivity (Wildman–Crippen MR) is 65.3 cm³/mol. The van der Waals surface area contributed by atoms with Crippen LogP contribution >= 0.6 is 15.9 Å². The summed E-state index contributed by atoms with van der Waals surface area (Å²) in [6.07, 6.45) is 4.43. The molecule has 4 heteroatoms. The molecule has 0 amide bonds. The van der Waals surface area contributed by atoms with Gasteiger partial charge in [0, 0.05) is 5.56 Å². The van der Waals surface area contributed by atoms with Crippen molar-refractivity contribution in [2.45, 2.75) is 19.4 Å². The minimum Gasteiger partial charge on any atom is -0.467 e. The molecule has 0 spiro atoms. The molecule has 0 radical (unpaired) electrons. The molecule has 1 unspecified atom stereocenters. The van der Waals surface area contributed by atoms with Gasteiger partial charge in [-0.15, -0.1) is 0 Å². The summed E-state index contributed by atoms with van der Waals surface area (Å²) in [7, 11) is 0. The maximum Gasteiger partial charge on any atom is 0.174 e. The van der Waals surface area contributed by atoms with E-state index in [9.17, 15) is 0 Å². The quantitative estimate of drug-likeness (QED) is 0.909. The van der Waals surface area contributed by atoms with Crippen LogP contribution in [0.4, 0.5) is 0 Å². The Labute approximate surface area is 103 Å². The van der Waals surface area contributed by atoms with Gasteiger partial charge in [0.05, 0.1) is 18.6 Å². The van der Waals surface area contributed by atoms with Crippen molar-refractivity contribution >= 4 is 15.9 Å². The normalized spacial score (nSPS) is 12.9. The van der Waals surface area contributed by atoms with E-state index in [0.717, 1.165) is 29.0 Å². The highest BCUT2D eigenvalue weighted by Crippen LogP contribution is 2.29. The smallest absolute Gasteiger partial charge is 0.174 e. The van der Waals surface area contributed by atoms with Gasteiger partial charge >= 0.3 is 0 Å². The van der Waals surface area contributed by atoms with Gasteiger partial charge in [-0.2, -0.15) is 0 Å². The lowest BCUT2D eigenvalue weighted by molar-refractivity contribution is 0.440. The van der Waals surface area contributed by atoms with E-state index < -0.39 is 0 Å². The molecule has 0 saturated carbocycles. The molecule has 2 aromatic heterocycles. The zero-order chi connectivity index (χ0) is 11.4. The van der Waals surface area contributed by atoms with Crippen molar-refractivity contribution in [2.24, 2.45) is 0 Å². The minimum atomic E-state index is 0.0445. The summed E-state index contributed by atoms with van der Waals surface area (Å²) in [5.74, 6) is 0.899. The molecule has 0 aliphatic rings. The summed E-state index contributed by atoms with van der Waals surface area (Å²) in [4.78, 5) is 0. The van der Waals surface area contributed by atoms with Crippen LogP contribution in [0.1, 0.15) is 30.7 Å². The van der Waals surface area contributed by atoms with Gasteiger partial charge in [-0.3, -0.25) is 0 Å². The van der Waals surface area contributed by atoms with Crippen molar-refractivity contribution in [3.63, 3.8) is 0 Å². The summed E-state index contributed by atoms with van der Waals surface area (Å²) in [5, 5.41) is 3.43. The maximum atomic E-state index is 5.45. The zero-order valence-corrected chi connectivity index (χ0v) is 10.7. The van der Waals surface area contributed by atoms with Gasteiger partial charge < -0.3 is 14.2 Å². The summed E-state index contributed by atoms with van der Waals surface area (Å²) in [6, 6.07) is 5.85. The van der Waals surface area contributed by atoms with Gasteiger partial charge in [-0.05, 0) is 47.1 Å². The standard InChI is InChI=1S/C12H14BrNO2/c1-2-6-14-11(10-4-3-7-15-10)9-5-8-16-12(9)13/h3-5,7-8,11,14H,2,6H2,1H3. The third kappa shape index (κ3) is 2.39. The largest absolute Gasteiger partial charge is 0.467 e. The van der Waals surface area contributed by atoms with Crippen LogP contribution in [0.2, 0.25) is 0 Å². The van der Waals surface area contributed by atoms with E-state index in [1.165, 1.54) is 0 Å². The number of nitrogens with one attached hydrogen (secondary N) is 1. The van der Waals surface area contributed by atoms with Crippen molar-refractivity contribution in [1.29, 1.82) is 0 Å². The second-order valence-electron chi connectivity index (χ2n) is 3.55. The van der Waals surface area contributed by atoms with Crippen LogP contribution in [0.15, 0.2) is 44.2 Å². The van der Waals surface area contributed by atoms with Crippen molar-refractivity contribution in [1.82, 2.24) is 5.32 Å². The molecule has 16 heavy (non-hydrogen) atoms. The SMILES string of the molecule is CCCNC(c1ccco1)c1ccoc1Br. The number of hydrogen-bond acceptors (Lipinski definition) is 3. The van der Waals surface area contributed by atoms with Crippen LogP contribution in [0, 0.1) is 0 Å². The molecular weight excluding hydrogens is 270 g/mol. The fourth-order valence-electron chi connectivity index (χ4n) is 1.62. The third-order valence-corrected chi connectivity index (χ3v) is 3.03. The van der Waals surface area contributed by atoms with E-state index in [-0.39, 0.29) is 6.04 Å². The zero-order valence-electron chi connectivity index (χ0n) is 9.07. The molecule has 2 rings (SSSR count). The predicted octanol–water partition coefficient (Wildman–Crippen LogP) is 3.72. The summed E-state index contributed by atoms with van der Waals surface area (Å²) < 4.78 is 11.5. The number of furan rings is 2. The van der Waals surface area contributed by atoms with E-state index in [0.29, 0.717) is 0 Å². The van der Waals surface area contributed by atoms with Gasteiger partial charge in [0.15, 0.2) is 4.67 Å². The number of hydrogen-bond donors (Lipinski definition) is 1. The molecule has 1 atom stereocenters. The van der Waals surface area contributed by atoms with Gasteiger partial charge in [-0.1, -0.05) is 6.92 Å².